The molecule has 1 aromatic heterocycles. The van der Waals surface area contributed by atoms with Gasteiger partial charge in [0, 0.05) is 6.20 Å². The second-order valence-corrected chi connectivity index (χ2v) is 5.71. The van der Waals surface area contributed by atoms with Crippen LogP contribution in [0.15, 0.2) is 54.7 Å². The number of benzene rings is 2. The van der Waals surface area contributed by atoms with Gasteiger partial charge in [0.25, 0.3) is 5.91 Å². The summed E-state index contributed by atoms with van der Waals surface area (Å²) in [5.41, 5.74) is 1.25. The van der Waals surface area contributed by atoms with Crippen molar-refractivity contribution in [1.82, 2.24) is 9.78 Å². The topological polar surface area (TPSA) is 56.1 Å². The lowest BCUT2D eigenvalue weighted by Crippen LogP contribution is -2.14. The number of nitrogens with one attached hydrogen (secondary N) is 1. The maximum atomic E-state index is 13.0. The van der Waals surface area contributed by atoms with Crippen molar-refractivity contribution in [3.05, 3.63) is 76.7 Å². The molecule has 0 radical (unpaired) electrons. The first-order chi connectivity index (χ1) is 12.1. The molecule has 0 aliphatic carbocycles. The molecule has 0 atom stereocenters. The lowest BCUT2D eigenvalue weighted by molar-refractivity contribution is 0.102. The molecule has 3 rings (SSSR count). The normalized spacial score (nSPS) is 10.5. The van der Waals surface area contributed by atoms with Crippen LogP contribution in [-0.4, -0.2) is 22.8 Å². The van der Waals surface area contributed by atoms with Crippen molar-refractivity contribution in [1.29, 1.82) is 0 Å². The Morgan fingerprint density at radius 1 is 1.24 bits per heavy atom. The fourth-order valence-corrected chi connectivity index (χ4v) is 2.54. The molecular weight excluding hydrogens is 345 g/mol. The number of hydrogen-bond acceptors (Lipinski definition) is 3. The number of anilines is 1. The van der Waals surface area contributed by atoms with Crippen LogP contribution in [0.3, 0.4) is 0 Å². The van der Waals surface area contributed by atoms with Gasteiger partial charge in [-0.25, -0.2) is 4.39 Å². The van der Waals surface area contributed by atoms with Gasteiger partial charge in [0.05, 0.1) is 19.2 Å². The average Bonchev–Trinajstić information content (AvgIpc) is 2.96. The quantitative estimate of drug-likeness (QED) is 0.749. The summed E-state index contributed by atoms with van der Waals surface area (Å²) in [6.45, 7) is 0.407. The minimum Gasteiger partial charge on any atom is -0.496 e. The van der Waals surface area contributed by atoms with Crippen LogP contribution < -0.4 is 10.1 Å². The number of aromatic nitrogens is 2. The van der Waals surface area contributed by atoms with Gasteiger partial charge in [-0.2, -0.15) is 5.10 Å². The number of carbonyl (C=O) groups excluding carboxylic acids is 1. The van der Waals surface area contributed by atoms with Gasteiger partial charge in [0.1, 0.15) is 16.6 Å². The Labute approximate surface area is 149 Å². The Hall–Kier alpha value is -2.86. The van der Waals surface area contributed by atoms with E-state index in [0.717, 1.165) is 5.56 Å². The minimum atomic E-state index is -0.369. The van der Waals surface area contributed by atoms with Crippen LogP contribution in [0.25, 0.3) is 0 Å². The van der Waals surface area contributed by atoms with Gasteiger partial charge >= 0.3 is 0 Å². The van der Waals surface area contributed by atoms with E-state index in [-0.39, 0.29) is 17.5 Å². The SMILES string of the molecule is COc1ccccc1C(=O)Nc1nn(Cc2ccc(F)cc2)cc1Cl. The highest BCUT2D eigenvalue weighted by Gasteiger charge is 2.15. The second-order valence-electron chi connectivity index (χ2n) is 5.30. The van der Waals surface area contributed by atoms with Crippen molar-refractivity contribution in [3.63, 3.8) is 0 Å². The number of amides is 1. The van der Waals surface area contributed by atoms with E-state index in [0.29, 0.717) is 22.9 Å². The summed E-state index contributed by atoms with van der Waals surface area (Å²) in [4.78, 5) is 12.4. The highest BCUT2D eigenvalue weighted by Crippen LogP contribution is 2.23. The molecule has 1 heterocycles. The van der Waals surface area contributed by atoms with Crippen LogP contribution in [-0.2, 0) is 6.54 Å². The van der Waals surface area contributed by atoms with Gasteiger partial charge in [0.2, 0.25) is 0 Å². The Balaban J connectivity index is 1.76. The summed E-state index contributed by atoms with van der Waals surface area (Å²) in [5.74, 6) is 0.0416. The zero-order valence-corrected chi connectivity index (χ0v) is 14.1. The van der Waals surface area contributed by atoms with Crippen LogP contribution in [0, 0.1) is 5.82 Å². The summed E-state index contributed by atoms with van der Waals surface area (Å²) in [7, 11) is 1.50. The molecule has 0 bridgehead atoms. The number of rotatable bonds is 5. The van der Waals surface area contributed by atoms with E-state index in [2.05, 4.69) is 10.4 Å². The molecule has 2 aromatic carbocycles. The van der Waals surface area contributed by atoms with Crippen LogP contribution in [0.2, 0.25) is 5.02 Å². The molecule has 0 unspecified atom stereocenters. The van der Waals surface area contributed by atoms with Gasteiger partial charge in [-0.05, 0) is 29.8 Å². The Morgan fingerprint density at radius 2 is 1.96 bits per heavy atom. The van der Waals surface area contributed by atoms with E-state index in [9.17, 15) is 9.18 Å². The number of ether oxygens (including phenoxy) is 1. The number of hydrogen-bond donors (Lipinski definition) is 1. The highest BCUT2D eigenvalue weighted by molar-refractivity contribution is 6.33. The molecular formula is C18H15ClFN3O2. The first-order valence-electron chi connectivity index (χ1n) is 7.48. The van der Waals surface area contributed by atoms with Gasteiger partial charge in [0.15, 0.2) is 5.82 Å². The number of para-hydroxylation sites is 1. The summed E-state index contributed by atoms with van der Waals surface area (Å²) in [5, 5.41) is 7.25. The monoisotopic (exact) mass is 359 g/mol. The molecule has 1 N–H and O–H groups in total. The average molecular weight is 360 g/mol. The molecule has 0 saturated carbocycles. The van der Waals surface area contributed by atoms with E-state index >= 15 is 0 Å². The number of nitrogens with zero attached hydrogens (tertiary/aromatic N) is 2. The van der Waals surface area contributed by atoms with Crippen molar-refractivity contribution < 1.29 is 13.9 Å². The van der Waals surface area contributed by atoms with Gasteiger partial charge in [-0.1, -0.05) is 35.9 Å². The Bertz CT molecular complexity index is 894. The summed E-state index contributed by atoms with van der Waals surface area (Å²) >= 11 is 6.15. The molecule has 0 saturated heterocycles. The maximum Gasteiger partial charge on any atom is 0.260 e. The maximum absolute atomic E-state index is 13.0. The second kappa shape index (κ2) is 7.36. The number of carbonyl (C=O) groups is 1. The third-order valence-electron chi connectivity index (χ3n) is 3.56. The first kappa shape index (κ1) is 17.0. The smallest absolute Gasteiger partial charge is 0.260 e. The van der Waals surface area contributed by atoms with E-state index in [1.54, 1.807) is 47.3 Å². The molecule has 1 amide bonds. The fraction of sp³-hybridized carbons (Fsp3) is 0.111. The fourth-order valence-electron chi connectivity index (χ4n) is 2.35. The van der Waals surface area contributed by atoms with Crippen LogP contribution >= 0.6 is 11.6 Å². The minimum absolute atomic E-state index is 0.250. The van der Waals surface area contributed by atoms with E-state index in [4.69, 9.17) is 16.3 Å². The molecule has 7 heteroatoms. The number of halogens is 2. The van der Waals surface area contributed by atoms with E-state index in [1.165, 1.54) is 19.2 Å². The largest absolute Gasteiger partial charge is 0.496 e. The zero-order valence-electron chi connectivity index (χ0n) is 13.4. The molecule has 128 valence electrons. The van der Waals surface area contributed by atoms with Crippen LogP contribution in [0.5, 0.6) is 5.75 Å². The van der Waals surface area contributed by atoms with Crippen LogP contribution in [0.4, 0.5) is 10.2 Å². The lowest BCUT2D eigenvalue weighted by Gasteiger charge is -2.07. The predicted molar refractivity (Wildman–Crippen MR) is 93.7 cm³/mol. The molecule has 0 spiro atoms. The molecule has 0 aliphatic rings. The van der Waals surface area contributed by atoms with E-state index < -0.39 is 0 Å². The summed E-state index contributed by atoms with van der Waals surface area (Å²) < 4.78 is 19.7. The third kappa shape index (κ3) is 3.97. The molecule has 5 nitrogen and oxygen atoms in total. The Morgan fingerprint density at radius 3 is 2.68 bits per heavy atom. The van der Waals surface area contributed by atoms with Gasteiger partial charge < -0.3 is 10.1 Å². The van der Waals surface area contributed by atoms with Gasteiger partial charge in [-0.3, -0.25) is 9.48 Å². The third-order valence-corrected chi connectivity index (χ3v) is 3.83. The highest BCUT2D eigenvalue weighted by atomic mass is 35.5. The predicted octanol–water partition coefficient (Wildman–Crippen LogP) is 3.98. The van der Waals surface area contributed by atoms with Gasteiger partial charge in [-0.15, -0.1) is 0 Å². The number of methoxy groups -OCH3 is 1. The summed E-state index contributed by atoms with van der Waals surface area (Å²) in [6, 6.07) is 13.0. The zero-order chi connectivity index (χ0) is 17.8. The Kier molecular flexibility index (Phi) is 5.00. The molecule has 25 heavy (non-hydrogen) atoms. The standard InChI is InChI=1S/C18H15ClFN3O2/c1-25-16-5-3-2-4-14(16)18(24)21-17-15(19)11-23(22-17)10-12-6-8-13(20)9-7-12/h2-9,11H,10H2,1H3,(H,21,22,24). The van der Waals surface area contributed by atoms with Crippen LogP contribution in [0.1, 0.15) is 15.9 Å². The van der Waals surface area contributed by atoms with Crippen molar-refractivity contribution >= 4 is 23.3 Å². The van der Waals surface area contributed by atoms with E-state index in [1.807, 2.05) is 0 Å². The molecule has 0 fully saturated rings. The first-order valence-corrected chi connectivity index (χ1v) is 7.86. The van der Waals surface area contributed by atoms with Crippen molar-refractivity contribution in [2.45, 2.75) is 6.54 Å². The molecule has 3 aromatic rings. The molecule has 0 aliphatic heterocycles. The lowest BCUT2D eigenvalue weighted by atomic mass is 10.2. The summed E-state index contributed by atoms with van der Waals surface area (Å²) in [6.07, 6.45) is 1.60. The van der Waals surface area contributed by atoms with Crippen molar-refractivity contribution in [3.8, 4) is 5.75 Å². The van der Waals surface area contributed by atoms with Crippen molar-refractivity contribution in [2.24, 2.45) is 0 Å². The van der Waals surface area contributed by atoms with Crippen molar-refractivity contribution in [2.75, 3.05) is 12.4 Å².